The van der Waals surface area contributed by atoms with E-state index in [0.29, 0.717) is 24.9 Å². The quantitative estimate of drug-likeness (QED) is 0.650. The molecule has 2 aliphatic rings. The van der Waals surface area contributed by atoms with Crippen molar-refractivity contribution in [3.8, 4) is 0 Å². The van der Waals surface area contributed by atoms with E-state index in [-0.39, 0.29) is 5.76 Å². The number of hydrogen-bond acceptors (Lipinski definition) is 1. The van der Waals surface area contributed by atoms with Crippen LogP contribution in [0, 0.1) is 17.8 Å². The molecule has 1 nitrogen and oxygen atoms in total. The van der Waals surface area contributed by atoms with Gasteiger partial charge in [0.15, 0.2) is 5.76 Å². The van der Waals surface area contributed by atoms with Gasteiger partial charge < -0.3 is 4.74 Å². The molecule has 1 saturated heterocycles. The van der Waals surface area contributed by atoms with E-state index < -0.39 is 6.08 Å². The first-order valence-electron chi connectivity index (χ1n) is 6.33. The number of hydrogen-bond donors (Lipinski definition) is 0. The summed E-state index contributed by atoms with van der Waals surface area (Å²) in [5, 5.41) is 0. The van der Waals surface area contributed by atoms with Gasteiger partial charge in [-0.15, -0.1) is 0 Å². The van der Waals surface area contributed by atoms with Gasteiger partial charge in [0.25, 0.3) is 0 Å². The van der Waals surface area contributed by atoms with E-state index in [4.69, 9.17) is 4.74 Å². The van der Waals surface area contributed by atoms with Gasteiger partial charge in [-0.3, -0.25) is 0 Å². The Labute approximate surface area is 95.9 Å². The highest BCUT2D eigenvalue weighted by Gasteiger charge is 2.30. The van der Waals surface area contributed by atoms with Gasteiger partial charge in [-0.1, -0.05) is 19.8 Å². The first-order valence-corrected chi connectivity index (χ1v) is 6.33. The van der Waals surface area contributed by atoms with Crippen molar-refractivity contribution in [3.63, 3.8) is 0 Å². The van der Waals surface area contributed by atoms with E-state index in [0.717, 1.165) is 12.3 Å². The first-order chi connectivity index (χ1) is 7.66. The Morgan fingerprint density at radius 2 is 1.75 bits per heavy atom. The van der Waals surface area contributed by atoms with Gasteiger partial charge in [-0.25, -0.2) is 0 Å². The minimum atomic E-state index is -1.63. The smallest absolute Gasteiger partial charge is 0.307 e. The predicted molar refractivity (Wildman–Crippen MR) is 59.0 cm³/mol. The van der Waals surface area contributed by atoms with Crippen LogP contribution in [0.25, 0.3) is 0 Å². The molecule has 0 aromatic rings. The lowest BCUT2D eigenvalue weighted by Gasteiger charge is -2.35. The molecule has 1 atom stereocenters. The molecule has 1 aliphatic carbocycles. The van der Waals surface area contributed by atoms with Crippen LogP contribution in [0.5, 0.6) is 0 Å². The number of rotatable bonds is 1. The molecule has 0 aromatic heterocycles. The lowest BCUT2D eigenvalue weighted by molar-refractivity contribution is 0.0539. The molecule has 2 fully saturated rings. The standard InChI is InChI=1S/C13H20F2O/c1-9-2-4-10(5-3-9)11-6-7-12(13(14)15)16-8-11/h9-11H,2-8H2,1H3. The molecule has 0 amide bonds. The van der Waals surface area contributed by atoms with Gasteiger partial charge in [0.05, 0.1) is 6.61 Å². The number of halogens is 2. The lowest BCUT2D eigenvalue weighted by Crippen LogP contribution is -2.27. The van der Waals surface area contributed by atoms with Crippen LogP contribution in [0.3, 0.4) is 0 Å². The van der Waals surface area contributed by atoms with E-state index in [1.54, 1.807) is 0 Å². The summed E-state index contributed by atoms with van der Waals surface area (Å²) in [6.07, 6.45) is 4.78. The average molecular weight is 230 g/mol. The van der Waals surface area contributed by atoms with Crippen LogP contribution in [0.1, 0.15) is 45.4 Å². The minimum Gasteiger partial charge on any atom is -0.492 e. The molecule has 92 valence electrons. The Kier molecular flexibility index (Phi) is 3.82. The summed E-state index contributed by atoms with van der Waals surface area (Å²) in [5.74, 6) is 2.00. The molecule has 1 unspecified atom stereocenters. The Morgan fingerprint density at radius 1 is 1.06 bits per heavy atom. The lowest BCUT2D eigenvalue weighted by atomic mass is 9.74. The molecule has 1 saturated carbocycles. The van der Waals surface area contributed by atoms with Crippen LogP contribution in [0.4, 0.5) is 8.78 Å². The largest absolute Gasteiger partial charge is 0.492 e. The van der Waals surface area contributed by atoms with Crippen LogP contribution in [0.2, 0.25) is 0 Å². The monoisotopic (exact) mass is 230 g/mol. The third-order valence-electron chi connectivity index (χ3n) is 4.15. The fourth-order valence-electron chi connectivity index (χ4n) is 2.96. The highest BCUT2D eigenvalue weighted by molar-refractivity contribution is 4.97. The van der Waals surface area contributed by atoms with Crippen molar-refractivity contribution in [1.29, 1.82) is 0 Å². The summed E-state index contributed by atoms with van der Waals surface area (Å²) in [4.78, 5) is 0. The van der Waals surface area contributed by atoms with Gasteiger partial charge in [0, 0.05) is 6.42 Å². The van der Waals surface area contributed by atoms with Gasteiger partial charge >= 0.3 is 6.08 Å². The van der Waals surface area contributed by atoms with Crippen molar-refractivity contribution >= 4 is 0 Å². The summed E-state index contributed by atoms with van der Waals surface area (Å²) < 4.78 is 29.8. The van der Waals surface area contributed by atoms with E-state index in [9.17, 15) is 8.78 Å². The van der Waals surface area contributed by atoms with Gasteiger partial charge in [-0.05, 0) is 37.0 Å². The summed E-state index contributed by atoms with van der Waals surface area (Å²) >= 11 is 0. The van der Waals surface area contributed by atoms with Crippen LogP contribution >= 0.6 is 0 Å². The second kappa shape index (κ2) is 5.15. The van der Waals surface area contributed by atoms with E-state index in [1.165, 1.54) is 25.7 Å². The molecular weight excluding hydrogens is 210 g/mol. The molecule has 0 radical (unpaired) electrons. The zero-order chi connectivity index (χ0) is 11.5. The molecule has 16 heavy (non-hydrogen) atoms. The van der Waals surface area contributed by atoms with Gasteiger partial charge in [0.2, 0.25) is 0 Å². The third kappa shape index (κ3) is 2.74. The van der Waals surface area contributed by atoms with E-state index >= 15 is 0 Å². The average Bonchev–Trinajstić information content (AvgIpc) is 2.30. The zero-order valence-corrected chi connectivity index (χ0v) is 9.85. The second-order valence-corrected chi connectivity index (χ2v) is 5.31. The molecule has 1 heterocycles. The van der Waals surface area contributed by atoms with Crippen molar-refractivity contribution in [2.24, 2.45) is 17.8 Å². The van der Waals surface area contributed by atoms with E-state index in [2.05, 4.69) is 6.92 Å². The second-order valence-electron chi connectivity index (χ2n) is 5.31. The Bertz CT molecular complexity index is 253. The van der Waals surface area contributed by atoms with Crippen molar-refractivity contribution in [2.75, 3.05) is 6.61 Å². The highest BCUT2D eigenvalue weighted by atomic mass is 19.3. The first kappa shape index (κ1) is 11.9. The summed E-state index contributed by atoms with van der Waals surface area (Å²) in [6, 6.07) is 0. The predicted octanol–water partition coefficient (Wildman–Crippen LogP) is 4.35. The molecule has 0 bridgehead atoms. The van der Waals surface area contributed by atoms with Gasteiger partial charge in [0.1, 0.15) is 0 Å². The molecule has 0 spiro atoms. The molecule has 0 aromatic carbocycles. The normalized spacial score (nSPS) is 35.7. The van der Waals surface area contributed by atoms with E-state index in [1.807, 2.05) is 0 Å². The Morgan fingerprint density at radius 3 is 2.25 bits per heavy atom. The third-order valence-corrected chi connectivity index (χ3v) is 4.15. The van der Waals surface area contributed by atoms with Crippen molar-refractivity contribution < 1.29 is 13.5 Å². The molecule has 1 aliphatic heterocycles. The van der Waals surface area contributed by atoms with Crippen LogP contribution in [-0.4, -0.2) is 6.61 Å². The Balaban J connectivity index is 1.83. The van der Waals surface area contributed by atoms with Crippen molar-refractivity contribution in [3.05, 3.63) is 11.8 Å². The maximum Gasteiger partial charge on any atom is 0.307 e. The summed E-state index contributed by atoms with van der Waals surface area (Å²) in [5.41, 5.74) is 0. The zero-order valence-electron chi connectivity index (χ0n) is 9.85. The Hall–Kier alpha value is -0.600. The van der Waals surface area contributed by atoms with Crippen LogP contribution < -0.4 is 0 Å². The fraction of sp³-hybridized carbons (Fsp3) is 0.846. The topological polar surface area (TPSA) is 9.23 Å². The molecule has 3 heteroatoms. The highest BCUT2D eigenvalue weighted by Crippen LogP contribution is 2.38. The number of ether oxygens (including phenoxy) is 1. The van der Waals surface area contributed by atoms with Crippen molar-refractivity contribution in [2.45, 2.75) is 45.4 Å². The van der Waals surface area contributed by atoms with Crippen LogP contribution in [-0.2, 0) is 4.74 Å². The molecule has 0 N–H and O–H groups in total. The summed E-state index contributed by atoms with van der Waals surface area (Å²) in [6.45, 7) is 2.80. The minimum absolute atomic E-state index is 0.0690. The van der Waals surface area contributed by atoms with Crippen molar-refractivity contribution in [1.82, 2.24) is 0 Å². The maximum atomic E-state index is 12.3. The molecule has 2 rings (SSSR count). The maximum absolute atomic E-state index is 12.3. The number of allylic oxidation sites excluding steroid dienone is 1. The van der Waals surface area contributed by atoms with Gasteiger partial charge in [-0.2, -0.15) is 8.78 Å². The van der Waals surface area contributed by atoms with Crippen LogP contribution in [0.15, 0.2) is 11.8 Å². The fourth-order valence-corrected chi connectivity index (χ4v) is 2.96. The molecular formula is C13H20F2O. The SMILES string of the molecule is CC1CCC(C2CCC(=C(F)F)OC2)CC1. The summed E-state index contributed by atoms with van der Waals surface area (Å²) in [7, 11) is 0.